The summed E-state index contributed by atoms with van der Waals surface area (Å²) in [4.78, 5) is 13.8. The predicted molar refractivity (Wildman–Crippen MR) is 67.4 cm³/mol. The summed E-state index contributed by atoms with van der Waals surface area (Å²) >= 11 is 0. The van der Waals surface area contributed by atoms with Gasteiger partial charge in [-0.15, -0.1) is 0 Å². The van der Waals surface area contributed by atoms with Crippen molar-refractivity contribution >= 4 is 6.41 Å². The molecule has 0 radical (unpaired) electrons. The van der Waals surface area contributed by atoms with Gasteiger partial charge in [0.05, 0.1) is 19.3 Å². The van der Waals surface area contributed by atoms with Gasteiger partial charge in [0.25, 0.3) is 0 Å². The molecule has 2 N–H and O–H groups in total. The lowest BCUT2D eigenvalue weighted by Gasteiger charge is -2.33. The fraction of sp³-hybridized carbons (Fsp3) is 0.667. The van der Waals surface area contributed by atoms with Crippen LogP contribution >= 0.6 is 0 Å². The van der Waals surface area contributed by atoms with Crippen LogP contribution in [0.4, 0.5) is 0 Å². The van der Waals surface area contributed by atoms with E-state index in [1.807, 2.05) is 11.0 Å². The first kappa shape index (κ1) is 14.6. The third-order valence-corrected chi connectivity index (χ3v) is 2.89. The van der Waals surface area contributed by atoms with Crippen molar-refractivity contribution < 1.29 is 9.53 Å². The number of amides is 1. The number of nitrogens with zero attached hydrogens (tertiary/aromatic N) is 3. The fourth-order valence-electron chi connectivity index (χ4n) is 1.85. The first-order valence-electron chi connectivity index (χ1n) is 6.00. The van der Waals surface area contributed by atoms with E-state index in [1.165, 1.54) is 4.90 Å². The van der Waals surface area contributed by atoms with Gasteiger partial charge < -0.3 is 15.4 Å². The molecule has 0 saturated carbocycles. The van der Waals surface area contributed by atoms with E-state index in [2.05, 4.69) is 6.07 Å². The van der Waals surface area contributed by atoms with Gasteiger partial charge in [0.2, 0.25) is 6.41 Å². The zero-order valence-corrected chi connectivity index (χ0v) is 10.7. The number of hydrogen-bond donors (Lipinski definition) is 1. The predicted octanol–water partition coefficient (Wildman–Crippen LogP) is -0.470. The van der Waals surface area contributed by atoms with Crippen LogP contribution in [0.25, 0.3) is 0 Å². The average molecular weight is 252 g/mol. The minimum Gasteiger partial charge on any atom is -0.379 e. The Bertz CT molecular complexity index is 321. The lowest BCUT2D eigenvalue weighted by Crippen LogP contribution is -2.51. The van der Waals surface area contributed by atoms with Gasteiger partial charge in [0, 0.05) is 32.4 Å². The number of carbonyl (C=O) groups excluding carboxylic acids is 1. The number of carbonyl (C=O) groups is 1. The maximum absolute atomic E-state index is 10.4. The van der Waals surface area contributed by atoms with Gasteiger partial charge in [0.15, 0.2) is 0 Å². The molecule has 0 bridgehead atoms. The summed E-state index contributed by atoms with van der Waals surface area (Å²) < 4.78 is 5.25. The summed E-state index contributed by atoms with van der Waals surface area (Å²) in [5, 5.41) is 9.20. The van der Waals surface area contributed by atoms with E-state index in [9.17, 15) is 10.1 Å². The number of hydrogen-bond acceptors (Lipinski definition) is 5. The molecule has 6 heteroatoms. The van der Waals surface area contributed by atoms with Crippen molar-refractivity contribution in [2.45, 2.75) is 18.5 Å². The fourth-order valence-corrected chi connectivity index (χ4v) is 1.85. The Morgan fingerprint density at radius 3 is 2.78 bits per heavy atom. The van der Waals surface area contributed by atoms with Gasteiger partial charge >= 0.3 is 0 Å². The standard InChI is InChI=1S/C12H20N4O2/c1-15(10-17)4-2-3-11(14)12(9-13)16-5-7-18-8-6-16/h2,4,10-12H,3,5-8,14H2,1H3/b4-2-/t11-,12?/m0/s1. The van der Waals surface area contributed by atoms with Crippen molar-refractivity contribution in [2.24, 2.45) is 5.73 Å². The highest BCUT2D eigenvalue weighted by atomic mass is 16.5. The molecule has 1 unspecified atom stereocenters. The molecule has 0 spiro atoms. The van der Waals surface area contributed by atoms with Gasteiger partial charge in [-0.2, -0.15) is 5.26 Å². The van der Waals surface area contributed by atoms with E-state index in [1.54, 1.807) is 13.2 Å². The third kappa shape index (κ3) is 4.45. The molecule has 18 heavy (non-hydrogen) atoms. The van der Waals surface area contributed by atoms with Crippen molar-refractivity contribution in [1.82, 2.24) is 9.80 Å². The molecule has 1 rings (SSSR count). The minimum absolute atomic E-state index is 0.260. The Hall–Kier alpha value is -1.42. The zero-order chi connectivity index (χ0) is 13.4. The molecule has 1 aliphatic rings. The number of ether oxygens (including phenoxy) is 1. The maximum Gasteiger partial charge on any atom is 0.213 e. The van der Waals surface area contributed by atoms with Crippen LogP contribution in [-0.2, 0) is 9.53 Å². The van der Waals surface area contributed by atoms with Crippen LogP contribution in [-0.4, -0.2) is 61.6 Å². The van der Waals surface area contributed by atoms with Crippen LogP contribution in [0.1, 0.15) is 6.42 Å². The summed E-state index contributed by atoms with van der Waals surface area (Å²) in [5.74, 6) is 0. The van der Waals surface area contributed by atoms with Crippen LogP contribution in [0.3, 0.4) is 0 Å². The van der Waals surface area contributed by atoms with Crippen LogP contribution in [0.5, 0.6) is 0 Å². The van der Waals surface area contributed by atoms with Gasteiger partial charge in [-0.05, 0) is 6.42 Å². The van der Waals surface area contributed by atoms with Crippen LogP contribution in [0.2, 0.25) is 0 Å². The van der Waals surface area contributed by atoms with Crippen molar-refractivity contribution in [2.75, 3.05) is 33.4 Å². The van der Waals surface area contributed by atoms with Crippen LogP contribution < -0.4 is 5.73 Å². The quantitative estimate of drug-likeness (QED) is 0.646. The Morgan fingerprint density at radius 2 is 2.22 bits per heavy atom. The second-order valence-electron chi connectivity index (χ2n) is 4.28. The van der Waals surface area contributed by atoms with Gasteiger partial charge in [-0.3, -0.25) is 9.69 Å². The summed E-state index contributed by atoms with van der Waals surface area (Å²) in [6.45, 7) is 2.77. The third-order valence-electron chi connectivity index (χ3n) is 2.89. The molecule has 1 saturated heterocycles. The van der Waals surface area contributed by atoms with E-state index in [0.717, 1.165) is 13.1 Å². The van der Waals surface area contributed by atoms with Crippen molar-refractivity contribution in [3.8, 4) is 6.07 Å². The van der Waals surface area contributed by atoms with Gasteiger partial charge in [-0.25, -0.2) is 0 Å². The maximum atomic E-state index is 10.4. The molecule has 2 atom stereocenters. The highest BCUT2D eigenvalue weighted by Gasteiger charge is 2.25. The number of nitrogens with two attached hydrogens (primary N) is 1. The van der Waals surface area contributed by atoms with E-state index >= 15 is 0 Å². The monoisotopic (exact) mass is 252 g/mol. The molecular weight excluding hydrogens is 232 g/mol. The minimum atomic E-state index is -0.305. The summed E-state index contributed by atoms with van der Waals surface area (Å²) in [5.41, 5.74) is 6.02. The SMILES string of the molecule is CN(C=O)/C=C\C[C@H](N)C(C#N)N1CCOCC1. The molecule has 100 valence electrons. The first-order valence-corrected chi connectivity index (χ1v) is 6.00. The number of rotatable bonds is 6. The van der Waals surface area contributed by atoms with Gasteiger partial charge in [-0.1, -0.05) is 6.08 Å². The van der Waals surface area contributed by atoms with E-state index < -0.39 is 0 Å². The Morgan fingerprint density at radius 1 is 1.56 bits per heavy atom. The van der Waals surface area contributed by atoms with E-state index in [0.29, 0.717) is 26.0 Å². The second-order valence-corrected chi connectivity index (χ2v) is 4.28. The molecule has 1 aliphatic heterocycles. The smallest absolute Gasteiger partial charge is 0.213 e. The molecule has 1 heterocycles. The molecule has 1 amide bonds. The lowest BCUT2D eigenvalue weighted by molar-refractivity contribution is -0.115. The summed E-state index contributed by atoms with van der Waals surface area (Å²) in [6, 6.07) is 1.69. The van der Waals surface area contributed by atoms with Crippen molar-refractivity contribution in [1.29, 1.82) is 5.26 Å². The molecule has 6 nitrogen and oxygen atoms in total. The molecule has 1 fully saturated rings. The van der Waals surface area contributed by atoms with Crippen LogP contribution in [0.15, 0.2) is 12.3 Å². The lowest BCUT2D eigenvalue weighted by atomic mass is 10.0. The van der Waals surface area contributed by atoms with Crippen LogP contribution in [0, 0.1) is 11.3 Å². The molecule has 0 aromatic rings. The molecule has 0 aromatic carbocycles. The topological polar surface area (TPSA) is 82.6 Å². The highest BCUT2D eigenvalue weighted by molar-refractivity contribution is 5.48. The molecule has 0 aliphatic carbocycles. The second kappa shape index (κ2) is 7.82. The highest BCUT2D eigenvalue weighted by Crippen LogP contribution is 2.09. The van der Waals surface area contributed by atoms with Crippen molar-refractivity contribution in [3.05, 3.63) is 12.3 Å². The largest absolute Gasteiger partial charge is 0.379 e. The van der Waals surface area contributed by atoms with Gasteiger partial charge in [0.1, 0.15) is 6.04 Å². The zero-order valence-electron chi connectivity index (χ0n) is 10.7. The first-order chi connectivity index (χ1) is 8.69. The van der Waals surface area contributed by atoms with Crippen molar-refractivity contribution in [3.63, 3.8) is 0 Å². The molecule has 0 aromatic heterocycles. The Kier molecular flexibility index (Phi) is 6.36. The normalized spacial score (nSPS) is 20.3. The number of nitriles is 1. The summed E-state index contributed by atoms with van der Waals surface area (Å²) in [7, 11) is 1.65. The van der Waals surface area contributed by atoms with E-state index in [-0.39, 0.29) is 12.1 Å². The Labute approximate surface area is 108 Å². The van der Waals surface area contributed by atoms with E-state index in [4.69, 9.17) is 10.5 Å². The Balaban J connectivity index is 2.46. The summed E-state index contributed by atoms with van der Waals surface area (Å²) in [6.07, 6.45) is 4.74. The molecular formula is C12H20N4O2. The average Bonchev–Trinajstić information content (AvgIpc) is 2.40. The number of morpholine rings is 1.